The van der Waals surface area contributed by atoms with E-state index in [1.165, 1.54) is 4.90 Å². The summed E-state index contributed by atoms with van der Waals surface area (Å²) >= 11 is 0. The third-order valence-corrected chi connectivity index (χ3v) is 8.67. The SMILES string of the molecule is C=CCN1C(=O)[C@]2(O[C@H](CC(=O)N(CCO)Cc3ccccc3)[C@@H](C(C)(C)O)[C@@H]2C)c2cc(N3CCOC3=O)ccc21. The Morgan fingerprint density at radius 1 is 1.21 bits per heavy atom. The Morgan fingerprint density at radius 3 is 2.57 bits per heavy atom. The van der Waals surface area contributed by atoms with Gasteiger partial charge in [0.1, 0.15) is 6.61 Å². The summed E-state index contributed by atoms with van der Waals surface area (Å²) < 4.78 is 11.9. The van der Waals surface area contributed by atoms with Gasteiger partial charge in [-0.1, -0.05) is 43.3 Å². The summed E-state index contributed by atoms with van der Waals surface area (Å²) in [7, 11) is 0. The zero-order chi connectivity index (χ0) is 30.2. The fourth-order valence-corrected chi connectivity index (χ4v) is 6.89. The van der Waals surface area contributed by atoms with Crippen molar-refractivity contribution in [2.75, 3.05) is 42.6 Å². The van der Waals surface area contributed by atoms with Gasteiger partial charge >= 0.3 is 6.09 Å². The summed E-state index contributed by atoms with van der Waals surface area (Å²) in [5, 5.41) is 21.1. The van der Waals surface area contributed by atoms with E-state index in [-0.39, 0.29) is 44.5 Å². The van der Waals surface area contributed by atoms with Gasteiger partial charge in [-0.2, -0.15) is 0 Å². The van der Waals surface area contributed by atoms with Crippen LogP contribution in [0, 0.1) is 11.8 Å². The van der Waals surface area contributed by atoms with Crippen LogP contribution in [0.1, 0.15) is 38.3 Å². The maximum Gasteiger partial charge on any atom is 0.414 e. The quantitative estimate of drug-likeness (QED) is 0.416. The molecule has 10 nitrogen and oxygen atoms in total. The van der Waals surface area contributed by atoms with Gasteiger partial charge in [-0.3, -0.25) is 14.5 Å². The van der Waals surface area contributed by atoms with Crippen LogP contribution in [0.4, 0.5) is 16.2 Å². The predicted molar refractivity (Wildman–Crippen MR) is 157 cm³/mol. The number of rotatable bonds is 10. The molecule has 5 rings (SSSR count). The lowest BCUT2D eigenvalue weighted by molar-refractivity contribution is -0.150. The van der Waals surface area contributed by atoms with E-state index in [1.807, 2.05) is 37.3 Å². The Morgan fingerprint density at radius 2 is 1.95 bits per heavy atom. The van der Waals surface area contributed by atoms with Gasteiger partial charge in [0.25, 0.3) is 5.91 Å². The second kappa shape index (κ2) is 11.5. The Bertz CT molecular complexity index is 1360. The number of nitrogens with zero attached hydrogens (tertiary/aromatic N) is 3. The molecule has 1 spiro atoms. The van der Waals surface area contributed by atoms with Crippen molar-refractivity contribution in [3.05, 3.63) is 72.3 Å². The third-order valence-electron chi connectivity index (χ3n) is 8.67. The molecule has 0 radical (unpaired) electrons. The maximum atomic E-state index is 14.3. The van der Waals surface area contributed by atoms with Crippen LogP contribution >= 0.6 is 0 Å². The Hall–Kier alpha value is -3.73. The lowest BCUT2D eigenvalue weighted by Gasteiger charge is -2.34. The first kappa shape index (κ1) is 29.8. The van der Waals surface area contributed by atoms with E-state index in [1.54, 1.807) is 47.9 Å². The Balaban J connectivity index is 1.53. The number of cyclic esters (lactones) is 1. The molecule has 0 aliphatic carbocycles. The normalized spacial score (nSPS) is 25.2. The predicted octanol–water partition coefficient (Wildman–Crippen LogP) is 3.20. The van der Waals surface area contributed by atoms with Crippen LogP contribution in [-0.2, 0) is 31.2 Å². The molecule has 2 aromatic rings. The highest BCUT2D eigenvalue weighted by molar-refractivity contribution is 6.08. The molecule has 3 aliphatic rings. The number of carbonyl (C=O) groups is 3. The van der Waals surface area contributed by atoms with Crippen molar-refractivity contribution in [3.63, 3.8) is 0 Å². The van der Waals surface area contributed by atoms with Crippen molar-refractivity contribution in [2.45, 2.75) is 51.0 Å². The van der Waals surface area contributed by atoms with Crippen molar-refractivity contribution in [3.8, 4) is 0 Å². The minimum Gasteiger partial charge on any atom is -0.447 e. The standard InChI is InChI=1S/C32H39N3O7/c1-5-13-35-25-12-11-23(34-15-17-41-30(34)39)18-24(25)32(29(35)38)21(2)28(31(3,4)40)26(42-32)19-27(37)33(14-16-36)20-22-9-7-6-8-10-22/h5-12,18,21,26,28,36,40H,1,13-17,19-20H2,2-4H3/t21-,26+,28-,32+/m0/s1. The van der Waals surface area contributed by atoms with E-state index >= 15 is 0 Å². The number of hydrogen-bond acceptors (Lipinski definition) is 7. The molecule has 0 aromatic heterocycles. The topological polar surface area (TPSA) is 120 Å². The van der Waals surface area contributed by atoms with E-state index in [4.69, 9.17) is 9.47 Å². The first-order valence-electron chi connectivity index (χ1n) is 14.4. The van der Waals surface area contributed by atoms with Gasteiger partial charge in [-0.05, 0) is 37.6 Å². The molecule has 4 atom stereocenters. The summed E-state index contributed by atoms with van der Waals surface area (Å²) in [6.07, 6.45) is 0.286. The molecule has 42 heavy (non-hydrogen) atoms. The van der Waals surface area contributed by atoms with E-state index < -0.39 is 35.2 Å². The molecule has 2 saturated heterocycles. The van der Waals surface area contributed by atoms with Crippen molar-refractivity contribution in [1.29, 1.82) is 0 Å². The smallest absolute Gasteiger partial charge is 0.414 e. The molecule has 10 heteroatoms. The minimum absolute atomic E-state index is 0.0875. The van der Waals surface area contributed by atoms with Crippen LogP contribution in [0.2, 0.25) is 0 Å². The lowest BCUT2D eigenvalue weighted by Crippen LogP contribution is -2.46. The zero-order valence-electron chi connectivity index (χ0n) is 24.4. The van der Waals surface area contributed by atoms with Gasteiger partial charge in [-0.15, -0.1) is 6.58 Å². The van der Waals surface area contributed by atoms with Gasteiger partial charge in [0, 0.05) is 42.7 Å². The second-order valence-corrected chi connectivity index (χ2v) is 11.8. The van der Waals surface area contributed by atoms with Gasteiger partial charge < -0.3 is 29.5 Å². The van der Waals surface area contributed by atoms with Gasteiger partial charge in [-0.25, -0.2) is 4.79 Å². The number of aliphatic hydroxyl groups is 2. The molecular weight excluding hydrogens is 538 g/mol. The highest BCUT2D eigenvalue weighted by Crippen LogP contribution is 2.58. The Labute approximate surface area is 246 Å². The third kappa shape index (κ3) is 5.08. The monoisotopic (exact) mass is 577 g/mol. The van der Waals surface area contributed by atoms with E-state index in [0.29, 0.717) is 30.0 Å². The van der Waals surface area contributed by atoms with Gasteiger partial charge in [0.15, 0.2) is 5.60 Å². The van der Waals surface area contributed by atoms with E-state index in [9.17, 15) is 24.6 Å². The molecule has 3 aliphatic heterocycles. The fourth-order valence-electron chi connectivity index (χ4n) is 6.89. The highest BCUT2D eigenvalue weighted by atomic mass is 16.6. The zero-order valence-corrected chi connectivity index (χ0v) is 24.4. The van der Waals surface area contributed by atoms with Crippen molar-refractivity contribution < 1.29 is 34.1 Å². The molecule has 0 unspecified atom stereocenters. The second-order valence-electron chi connectivity index (χ2n) is 11.8. The summed E-state index contributed by atoms with van der Waals surface area (Å²) in [6.45, 7) is 10.2. The first-order valence-corrected chi connectivity index (χ1v) is 14.4. The van der Waals surface area contributed by atoms with E-state index in [0.717, 1.165) is 5.56 Å². The molecule has 2 aromatic carbocycles. The molecular formula is C32H39N3O7. The maximum absolute atomic E-state index is 14.3. The summed E-state index contributed by atoms with van der Waals surface area (Å²) in [5.41, 5.74) is -0.0678. The molecule has 0 saturated carbocycles. The lowest BCUT2D eigenvalue weighted by atomic mass is 9.70. The van der Waals surface area contributed by atoms with Crippen LogP contribution in [-0.4, -0.2) is 77.6 Å². The van der Waals surface area contributed by atoms with Crippen molar-refractivity contribution >= 4 is 29.3 Å². The van der Waals surface area contributed by atoms with E-state index in [2.05, 4.69) is 6.58 Å². The number of benzene rings is 2. The molecule has 3 amide bonds. The van der Waals surface area contributed by atoms with Crippen LogP contribution in [0.15, 0.2) is 61.2 Å². The average molecular weight is 578 g/mol. The van der Waals surface area contributed by atoms with Crippen LogP contribution < -0.4 is 9.80 Å². The van der Waals surface area contributed by atoms with Crippen molar-refractivity contribution in [1.82, 2.24) is 4.90 Å². The number of carbonyl (C=O) groups excluding carboxylic acids is 3. The highest BCUT2D eigenvalue weighted by Gasteiger charge is 2.66. The molecule has 2 fully saturated rings. The summed E-state index contributed by atoms with van der Waals surface area (Å²) in [6, 6.07) is 14.9. The number of anilines is 2. The van der Waals surface area contributed by atoms with Gasteiger partial charge in [0.05, 0.1) is 37.0 Å². The molecule has 3 heterocycles. The summed E-state index contributed by atoms with van der Waals surface area (Å²) in [5.74, 6) is -1.67. The number of amides is 3. The largest absolute Gasteiger partial charge is 0.447 e. The first-order chi connectivity index (χ1) is 20.0. The molecule has 2 N–H and O–H groups in total. The molecule has 224 valence electrons. The van der Waals surface area contributed by atoms with Crippen molar-refractivity contribution in [2.24, 2.45) is 11.8 Å². The average Bonchev–Trinajstić information content (AvgIpc) is 3.58. The number of ether oxygens (including phenoxy) is 2. The number of hydrogen-bond donors (Lipinski definition) is 2. The van der Waals surface area contributed by atoms with Crippen LogP contribution in [0.25, 0.3) is 0 Å². The number of fused-ring (bicyclic) bond motifs is 2. The minimum atomic E-state index is -1.49. The fraction of sp³-hybridized carbons (Fsp3) is 0.469. The van der Waals surface area contributed by atoms with Crippen LogP contribution in [0.5, 0.6) is 0 Å². The number of aliphatic hydroxyl groups excluding tert-OH is 1. The Kier molecular flexibility index (Phi) is 8.15. The molecule has 0 bridgehead atoms. The van der Waals surface area contributed by atoms with Crippen LogP contribution in [0.3, 0.4) is 0 Å². The summed E-state index contributed by atoms with van der Waals surface area (Å²) in [4.78, 5) is 45.1. The van der Waals surface area contributed by atoms with Gasteiger partial charge in [0.2, 0.25) is 5.91 Å².